The number of aryl methyl sites for hydroxylation is 1. The monoisotopic (exact) mass is 376 g/mol. The fraction of sp³-hybridized carbons (Fsp3) is 0.579. The zero-order valence-corrected chi connectivity index (χ0v) is 15.8. The highest BCUT2D eigenvalue weighted by Gasteiger charge is 2.35. The third-order valence-corrected chi connectivity index (χ3v) is 5.91. The number of anilines is 1. The lowest BCUT2D eigenvalue weighted by molar-refractivity contribution is 0.411. The number of aromatic nitrogens is 2. The maximum absolute atomic E-state index is 15.4. The Morgan fingerprint density at radius 3 is 2.56 bits per heavy atom. The van der Waals surface area contributed by atoms with Crippen LogP contribution in [0.2, 0.25) is 0 Å². The third kappa shape index (κ3) is 2.74. The molecule has 0 bridgehead atoms. The second kappa shape index (κ2) is 6.37. The zero-order chi connectivity index (χ0) is 19.5. The lowest BCUT2D eigenvalue weighted by Crippen LogP contribution is -2.33. The van der Waals surface area contributed by atoms with Crippen molar-refractivity contribution in [2.24, 2.45) is 11.7 Å². The number of aromatic amines is 1. The molecule has 3 heterocycles. The van der Waals surface area contributed by atoms with E-state index in [4.69, 9.17) is 10.5 Å². The Labute approximate surface area is 155 Å². The summed E-state index contributed by atoms with van der Waals surface area (Å²) in [4.78, 5) is 29.3. The van der Waals surface area contributed by atoms with Gasteiger partial charge in [0, 0.05) is 24.7 Å². The van der Waals surface area contributed by atoms with Crippen LogP contribution in [0.5, 0.6) is 5.75 Å². The topological polar surface area (TPSA) is 92.8 Å². The van der Waals surface area contributed by atoms with E-state index in [2.05, 4.69) is 4.98 Å². The number of ether oxygens (including phenoxy) is 1. The fourth-order valence-electron chi connectivity index (χ4n) is 4.22. The van der Waals surface area contributed by atoms with Crippen LogP contribution in [0, 0.1) is 18.7 Å². The molecule has 8 heteroatoms. The molecule has 2 unspecified atom stereocenters. The number of H-pyrrole nitrogens is 1. The molecule has 1 aliphatic carbocycles. The molecule has 2 atom stereocenters. The van der Waals surface area contributed by atoms with E-state index in [1.807, 2.05) is 11.8 Å². The van der Waals surface area contributed by atoms with Crippen LogP contribution >= 0.6 is 0 Å². The first-order chi connectivity index (χ1) is 12.8. The normalized spacial score (nSPS) is 21.1. The number of nitrogens with one attached hydrogen (secondary N) is 1. The SMILES string of the molecule is COc1c(N2CCC(C(C)N)C2)c(F)c(C)n2c(=O)[nH]c(=O)c(C3CC3)c12. The van der Waals surface area contributed by atoms with E-state index in [-0.39, 0.29) is 29.3 Å². The molecular weight excluding hydrogens is 351 g/mol. The second-order valence-corrected chi connectivity index (χ2v) is 7.77. The number of nitrogens with two attached hydrogens (primary N) is 1. The van der Waals surface area contributed by atoms with Crippen LogP contribution < -0.4 is 26.6 Å². The van der Waals surface area contributed by atoms with Crippen molar-refractivity contribution in [1.29, 1.82) is 0 Å². The van der Waals surface area contributed by atoms with Gasteiger partial charge in [-0.25, -0.2) is 9.18 Å². The van der Waals surface area contributed by atoms with E-state index in [0.717, 1.165) is 19.3 Å². The number of pyridine rings is 1. The Kier molecular flexibility index (Phi) is 4.25. The predicted octanol–water partition coefficient (Wildman–Crippen LogP) is 1.49. The highest BCUT2D eigenvalue weighted by Crippen LogP contribution is 2.46. The molecule has 7 nitrogen and oxygen atoms in total. The predicted molar refractivity (Wildman–Crippen MR) is 101 cm³/mol. The minimum atomic E-state index is -0.643. The summed E-state index contributed by atoms with van der Waals surface area (Å²) in [6.07, 6.45) is 2.62. The molecule has 2 aliphatic rings. The van der Waals surface area contributed by atoms with Gasteiger partial charge in [-0.15, -0.1) is 0 Å². The summed E-state index contributed by atoms with van der Waals surface area (Å²) in [6, 6.07) is 0.0121. The molecule has 3 N–H and O–H groups in total. The van der Waals surface area contributed by atoms with Crippen molar-refractivity contribution in [3.63, 3.8) is 0 Å². The Morgan fingerprint density at radius 2 is 2.00 bits per heavy atom. The first-order valence-corrected chi connectivity index (χ1v) is 9.40. The fourth-order valence-corrected chi connectivity index (χ4v) is 4.22. The number of nitrogens with zero attached hydrogens (tertiary/aromatic N) is 2. The lowest BCUT2D eigenvalue weighted by atomic mass is 10.0. The lowest BCUT2D eigenvalue weighted by Gasteiger charge is -2.26. The van der Waals surface area contributed by atoms with Gasteiger partial charge in [0.15, 0.2) is 11.6 Å². The van der Waals surface area contributed by atoms with Gasteiger partial charge in [-0.05, 0) is 44.9 Å². The summed E-state index contributed by atoms with van der Waals surface area (Å²) in [6.45, 7) is 4.78. The minimum absolute atomic E-state index is 0.0121. The molecule has 0 radical (unpaired) electrons. The largest absolute Gasteiger partial charge is 0.492 e. The van der Waals surface area contributed by atoms with Gasteiger partial charge in [0.25, 0.3) is 5.56 Å². The standard InChI is InChI=1S/C19H25FN4O3/c1-9(21)12-6-7-23(8-12)16-14(20)10(2)24-15(17(16)27-3)13(11-4-5-11)18(25)22-19(24)26/h9,11-12H,4-8,21H2,1-3H3,(H,22,25,26). The smallest absolute Gasteiger partial charge is 0.333 e. The molecular formula is C19H25FN4O3. The van der Waals surface area contributed by atoms with E-state index in [9.17, 15) is 9.59 Å². The van der Waals surface area contributed by atoms with Gasteiger partial charge in [-0.3, -0.25) is 14.2 Å². The van der Waals surface area contributed by atoms with Gasteiger partial charge in [-0.1, -0.05) is 0 Å². The highest BCUT2D eigenvalue weighted by atomic mass is 19.1. The Morgan fingerprint density at radius 1 is 1.30 bits per heavy atom. The molecule has 1 aliphatic heterocycles. The Bertz CT molecular complexity index is 1020. The van der Waals surface area contributed by atoms with Crippen molar-refractivity contribution in [1.82, 2.24) is 9.38 Å². The summed E-state index contributed by atoms with van der Waals surface area (Å²) >= 11 is 0. The molecule has 2 aromatic rings. The highest BCUT2D eigenvalue weighted by molar-refractivity contribution is 5.79. The van der Waals surface area contributed by atoms with Gasteiger partial charge in [0.1, 0.15) is 11.2 Å². The molecule has 1 saturated heterocycles. The van der Waals surface area contributed by atoms with Crippen LogP contribution in [0.15, 0.2) is 9.59 Å². The molecule has 146 valence electrons. The van der Waals surface area contributed by atoms with E-state index in [1.54, 1.807) is 6.92 Å². The van der Waals surface area contributed by atoms with Gasteiger partial charge >= 0.3 is 5.69 Å². The minimum Gasteiger partial charge on any atom is -0.492 e. The third-order valence-electron chi connectivity index (χ3n) is 5.91. The Hall–Kier alpha value is -2.35. The first kappa shape index (κ1) is 18.0. The number of fused-ring (bicyclic) bond motifs is 1. The maximum atomic E-state index is 15.4. The van der Waals surface area contributed by atoms with Gasteiger partial charge in [0.2, 0.25) is 0 Å². The number of hydrogen-bond donors (Lipinski definition) is 2. The number of hydrogen-bond acceptors (Lipinski definition) is 5. The zero-order valence-electron chi connectivity index (χ0n) is 15.8. The molecule has 4 rings (SSSR count). The number of methoxy groups -OCH3 is 1. The van der Waals surface area contributed by atoms with Crippen molar-refractivity contribution in [2.75, 3.05) is 25.1 Å². The van der Waals surface area contributed by atoms with Gasteiger partial charge in [-0.2, -0.15) is 0 Å². The summed E-state index contributed by atoms with van der Waals surface area (Å²) in [5.74, 6) is 0.0929. The summed E-state index contributed by atoms with van der Waals surface area (Å²) in [5, 5.41) is 0. The van der Waals surface area contributed by atoms with E-state index in [0.29, 0.717) is 29.9 Å². The first-order valence-electron chi connectivity index (χ1n) is 9.40. The molecule has 1 saturated carbocycles. The molecule has 0 spiro atoms. The molecule has 2 aromatic heterocycles. The van der Waals surface area contributed by atoms with Crippen LogP contribution in [-0.4, -0.2) is 35.6 Å². The Balaban J connectivity index is 2.03. The van der Waals surface area contributed by atoms with Crippen LogP contribution in [0.4, 0.5) is 10.1 Å². The van der Waals surface area contributed by atoms with E-state index in [1.165, 1.54) is 11.5 Å². The second-order valence-electron chi connectivity index (χ2n) is 7.77. The van der Waals surface area contributed by atoms with Crippen LogP contribution in [0.3, 0.4) is 0 Å². The van der Waals surface area contributed by atoms with Gasteiger partial charge in [0.05, 0.1) is 12.8 Å². The average molecular weight is 376 g/mol. The molecule has 0 amide bonds. The van der Waals surface area contributed by atoms with E-state index >= 15 is 4.39 Å². The summed E-state index contributed by atoms with van der Waals surface area (Å²) < 4.78 is 22.2. The van der Waals surface area contributed by atoms with Crippen molar-refractivity contribution < 1.29 is 9.13 Å². The van der Waals surface area contributed by atoms with Crippen LogP contribution in [0.25, 0.3) is 5.52 Å². The summed E-state index contributed by atoms with van der Waals surface area (Å²) in [5.41, 5.74) is 6.39. The number of rotatable bonds is 4. The van der Waals surface area contributed by atoms with Crippen LogP contribution in [0.1, 0.15) is 43.4 Å². The van der Waals surface area contributed by atoms with Crippen molar-refractivity contribution in [3.05, 3.63) is 37.9 Å². The quantitative estimate of drug-likeness (QED) is 0.844. The van der Waals surface area contributed by atoms with Crippen molar-refractivity contribution >= 4 is 11.2 Å². The maximum Gasteiger partial charge on any atom is 0.333 e. The average Bonchev–Trinajstić information content (AvgIpc) is 3.32. The number of halogens is 1. The van der Waals surface area contributed by atoms with Crippen molar-refractivity contribution in [3.8, 4) is 5.75 Å². The molecule has 27 heavy (non-hydrogen) atoms. The van der Waals surface area contributed by atoms with Crippen molar-refractivity contribution in [2.45, 2.75) is 45.1 Å². The summed E-state index contributed by atoms with van der Waals surface area (Å²) in [7, 11) is 1.45. The molecule has 0 aromatic carbocycles. The molecule has 2 fully saturated rings. The van der Waals surface area contributed by atoms with Gasteiger partial charge < -0.3 is 15.4 Å². The van der Waals surface area contributed by atoms with Crippen LogP contribution in [-0.2, 0) is 0 Å². The van der Waals surface area contributed by atoms with E-state index < -0.39 is 17.1 Å².